The molecule has 0 unspecified atom stereocenters. The van der Waals surface area contributed by atoms with Crippen molar-refractivity contribution in [3.05, 3.63) is 48.6 Å². The summed E-state index contributed by atoms with van der Waals surface area (Å²) in [4.78, 5) is 22.9. The molecule has 0 spiro atoms. The monoisotopic (exact) mass is 301 g/mol. The van der Waals surface area contributed by atoms with E-state index in [0.29, 0.717) is 6.54 Å². The molecule has 0 amide bonds. The van der Waals surface area contributed by atoms with Crippen LogP contribution in [0, 0.1) is 0 Å². The second-order valence-electron chi connectivity index (χ2n) is 3.25. The van der Waals surface area contributed by atoms with Crippen LogP contribution in [0.2, 0.25) is 0 Å². The fourth-order valence-corrected chi connectivity index (χ4v) is 2.26. The number of hydrogen-bond donors (Lipinski definition) is 0. The Morgan fingerprint density at radius 1 is 1.50 bits per heavy atom. The van der Waals surface area contributed by atoms with Crippen LogP contribution in [-0.2, 0) is 13.6 Å². The van der Waals surface area contributed by atoms with Crippen LogP contribution < -0.4 is 11.2 Å². The molecule has 2 aromatic heterocycles. The van der Waals surface area contributed by atoms with E-state index < -0.39 is 0 Å². The van der Waals surface area contributed by atoms with Gasteiger partial charge in [0.15, 0.2) is 0 Å². The normalized spacial score (nSPS) is 10.6. The molecule has 0 radical (unpaired) electrons. The summed E-state index contributed by atoms with van der Waals surface area (Å²) in [6.07, 6.45) is 1.48. The summed E-state index contributed by atoms with van der Waals surface area (Å²) >= 11 is 4.62. The summed E-state index contributed by atoms with van der Waals surface area (Å²) in [6.45, 7) is 0.370. The van der Waals surface area contributed by atoms with Crippen molar-refractivity contribution in [3.8, 4) is 0 Å². The van der Waals surface area contributed by atoms with Crippen molar-refractivity contribution in [2.24, 2.45) is 7.05 Å². The first kappa shape index (κ1) is 11.3. The van der Waals surface area contributed by atoms with E-state index in [0.717, 1.165) is 14.0 Å². The van der Waals surface area contributed by atoms with Crippen LogP contribution in [0.25, 0.3) is 0 Å². The molecule has 0 N–H and O–H groups in total. The molecule has 0 aliphatic heterocycles. The van der Waals surface area contributed by atoms with Gasteiger partial charge in [-0.15, -0.1) is 0 Å². The van der Waals surface area contributed by atoms with Crippen LogP contribution >= 0.6 is 27.5 Å². The van der Waals surface area contributed by atoms with Crippen LogP contribution in [0.5, 0.6) is 0 Å². The molecule has 0 saturated heterocycles. The van der Waals surface area contributed by atoms with E-state index in [1.54, 1.807) is 0 Å². The Morgan fingerprint density at radius 3 is 2.88 bits per heavy atom. The number of hydrogen-bond acceptors (Lipinski definition) is 4. The molecule has 0 aliphatic carbocycles. The molecule has 0 atom stereocenters. The lowest BCUT2D eigenvalue weighted by atomic mass is 10.4. The maximum atomic E-state index is 11.7. The van der Waals surface area contributed by atoms with E-state index in [-0.39, 0.29) is 11.2 Å². The van der Waals surface area contributed by atoms with E-state index >= 15 is 0 Å². The SMILES string of the molecule is Cn1c(=O)ccn(Cc2cc(Br)sn2)c1=O. The quantitative estimate of drug-likeness (QED) is 0.825. The van der Waals surface area contributed by atoms with Gasteiger partial charge in [0.05, 0.1) is 16.0 Å². The summed E-state index contributed by atoms with van der Waals surface area (Å²) in [7, 11) is 1.46. The second kappa shape index (κ2) is 4.34. The predicted octanol–water partition coefficient (Wildman–Crippen LogP) is 0.814. The fraction of sp³-hybridized carbons (Fsp3) is 0.222. The van der Waals surface area contributed by atoms with Gasteiger partial charge in [-0.3, -0.25) is 13.9 Å². The van der Waals surface area contributed by atoms with Crippen molar-refractivity contribution >= 4 is 27.5 Å². The third-order valence-electron chi connectivity index (χ3n) is 2.12. The molecule has 16 heavy (non-hydrogen) atoms. The standard InChI is InChI=1S/C9H8BrN3O2S/c1-12-8(14)2-3-13(9(12)15)5-6-4-7(10)16-11-6/h2-4H,5H2,1H3. The van der Waals surface area contributed by atoms with Gasteiger partial charge >= 0.3 is 5.69 Å². The third kappa shape index (κ3) is 2.14. The molecule has 0 bridgehead atoms. The topological polar surface area (TPSA) is 56.9 Å². The second-order valence-corrected chi connectivity index (χ2v) is 5.43. The van der Waals surface area contributed by atoms with Crippen LogP contribution in [0.3, 0.4) is 0 Å². The van der Waals surface area contributed by atoms with E-state index in [4.69, 9.17) is 0 Å². The minimum absolute atomic E-state index is 0.305. The smallest absolute Gasteiger partial charge is 0.294 e. The van der Waals surface area contributed by atoms with Crippen LogP contribution in [-0.4, -0.2) is 13.5 Å². The van der Waals surface area contributed by atoms with Gasteiger partial charge in [-0.05, 0) is 33.5 Å². The maximum Gasteiger partial charge on any atom is 0.331 e. The van der Waals surface area contributed by atoms with Crippen molar-refractivity contribution in [3.63, 3.8) is 0 Å². The molecule has 7 heteroatoms. The molecular formula is C9H8BrN3O2S. The van der Waals surface area contributed by atoms with Gasteiger partial charge in [0.1, 0.15) is 0 Å². The first-order valence-corrected chi connectivity index (χ1v) is 6.02. The van der Waals surface area contributed by atoms with Crippen molar-refractivity contribution < 1.29 is 0 Å². The lowest BCUT2D eigenvalue weighted by molar-refractivity contribution is 0.640. The predicted molar refractivity (Wildman–Crippen MR) is 64.9 cm³/mol. The Balaban J connectivity index is 2.40. The number of aromatic nitrogens is 3. The first-order chi connectivity index (χ1) is 7.58. The molecular weight excluding hydrogens is 294 g/mol. The largest absolute Gasteiger partial charge is 0.331 e. The highest BCUT2D eigenvalue weighted by molar-refractivity contribution is 9.11. The Labute approximate surface area is 103 Å². The zero-order valence-corrected chi connectivity index (χ0v) is 10.8. The highest BCUT2D eigenvalue weighted by atomic mass is 79.9. The lowest BCUT2D eigenvalue weighted by Crippen LogP contribution is -2.37. The summed E-state index contributed by atoms with van der Waals surface area (Å²) < 4.78 is 7.59. The van der Waals surface area contributed by atoms with Crippen molar-refractivity contribution in [1.29, 1.82) is 0 Å². The zero-order chi connectivity index (χ0) is 11.7. The molecule has 5 nitrogen and oxygen atoms in total. The molecule has 2 heterocycles. The van der Waals surface area contributed by atoms with E-state index in [2.05, 4.69) is 20.3 Å². The van der Waals surface area contributed by atoms with Gasteiger partial charge in [-0.1, -0.05) is 0 Å². The minimum atomic E-state index is -0.336. The van der Waals surface area contributed by atoms with Gasteiger partial charge < -0.3 is 0 Å². The minimum Gasteiger partial charge on any atom is -0.294 e. The summed E-state index contributed by atoms with van der Waals surface area (Å²) in [6, 6.07) is 3.21. The molecule has 84 valence electrons. The lowest BCUT2D eigenvalue weighted by Gasteiger charge is -2.04. The average Bonchev–Trinajstić information content (AvgIpc) is 2.65. The van der Waals surface area contributed by atoms with E-state index in [1.165, 1.54) is 35.4 Å². The third-order valence-corrected chi connectivity index (χ3v) is 3.40. The van der Waals surface area contributed by atoms with Crippen LogP contribution in [0.15, 0.2) is 31.7 Å². The molecule has 0 aromatic carbocycles. The Hall–Kier alpha value is -1.21. The Kier molecular flexibility index (Phi) is 3.06. The highest BCUT2D eigenvalue weighted by Crippen LogP contribution is 2.16. The Morgan fingerprint density at radius 2 is 2.25 bits per heavy atom. The number of halogens is 1. The van der Waals surface area contributed by atoms with Gasteiger partial charge in [0.2, 0.25) is 0 Å². The van der Waals surface area contributed by atoms with Crippen molar-refractivity contribution in [1.82, 2.24) is 13.5 Å². The highest BCUT2D eigenvalue weighted by Gasteiger charge is 2.04. The van der Waals surface area contributed by atoms with Gasteiger partial charge in [-0.25, -0.2) is 4.79 Å². The zero-order valence-electron chi connectivity index (χ0n) is 8.38. The maximum absolute atomic E-state index is 11.7. The number of nitrogens with zero attached hydrogens (tertiary/aromatic N) is 3. The van der Waals surface area contributed by atoms with Gasteiger partial charge in [-0.2, -0.15) is 4.37 Å². The summed E-state index contributed by atoms with van der Waals surface area (Å²) in [5.41, 5.74) is 0.148. The van der Waals surface area contributed by atoms with E-state index in [1.807, 2.05) is 6.07 Å². The van der Waals surface area contributed by atoms with Crippen molar-refractivity contribution in [2.75, 3.05) is 0 Å². The molecule has 0 saturated carbocycles. The molecule has 0 aliphatic rings. The van der Waals surface area contributed by atoms with Crippen LogP contribution in [0.4, 0.5) is 0 Å². The fourth-order valence-electron chi connectivity index (χ4n) is 1.27. The Bertz CT molecular complexity index is 628. The summed E-state index contributed by atoms with van der Waals surface area (Å²) in [5, 5.41) is 0. The molecule has 2 aromatic rings. The molecule has 0 fully saturated rings. The number of rotatable bonds is 2. The van der Waals surface area contributed by atoms with E-state index in [9.17, 15) is 9.59 Å². The van der Waals surface area contributed by atoms with Crippen LogP contribution in [0.1, 0.15) is 5.69 Å². The molecule has 2 rings (SSSR count). The van der Waals surface area contributed by atoms with Gasteiger partial charge in [0, 0.05) is 19.3 Å². The summed E-state index contributed by atoms with van der Waals surface area (Å²) in [5.74, 6) is 0. The van der Waals surface area contributed by atoms with Crippen molar-refractivity contribution in [2.45, 2.75) is 6.54 Å². The van der Waals surface area contributed by atoms with Gasteiger partial charge in [0.25, 0.3) is 5.56 Å². The average molecular weight is 302 g/mol. The first-order valence-electron chi connectivity index (χ1n) is 4.45.